The predicted octanol–water partition coefficient (Wildman–Crippen LogP) is 5.40. The summed E-state index contributed by atoms with van der Waals surface area (Å²) in [6.07, 6.45) is 4.36. The van der Waals surface area contributed by atoms with Crippen molar-refractivity contribution in [2.24, 2.45) is 0 Å². The maximum atomic E-state index is 13.3. The first-order valence-corrected chi connectivity index (χ1v) is 12.3. The Balaban J connectivity index is 1.56. The molecule has 6 heteroatoms. The molecule has 1 aliphatic heterocycles. The molecule has 0 amide bonds. The second kappa shape index (κ2) is 9.53. The van der Waals surface area contributed by atoms with E-state index in [1.165, 1.54) is 0 Å². The number of carbonyl (C=O) groups excluding carboxylic acids is 2. The van der Waals surface area contributed by atoms with Gasteiger partial charge in [-0.05, 0) is 56.4 Å². The molecule has 0 atom stereocenters. The zero-order chi connectivity index (χ0) is 24.5. The molecule has 6 nitrogen and oxygen atoms in total. The molecule has 3 aliphatic rings. The van der Waals surface area contributed by atoms with Gasteiger partial charge in [-0.3, -0.25) is 9.59 Å². The van der Waals surface area contributed by atoms with Gasteiger partial charge in [-0.2, -0.15) is 0 Å². The normalized spacial score (nSPS) is 18.5. The Hall–Kier alpha value is -3.67. The van der Waals surface area contributed by atoms with Gasteiger partial charge in [-0.25, -0.2) is 4.79 Å². The van der Waals surface area contributed by atoms with Crippen LogP contribution in [-0.4, -0.2) is 34.1 Å². The second-order valence-electron chi connectivity index (χ2n) is 9.28. The molecule has 0 saturated heterocycles. The Morgan fingerprint density at radius 2 is 1.51 bits per heavy atom. The highest BCUT2D eigenvalue weighted by Crippen LogP contribution is 2.50. The Morgan fingerprint density at radius 1 is 0.914 bits per heavy atom. The number of para-hydroxylation sites is 1. The zero-order valence-corrected chi connectivity index (χ0v) is 19.9. The van der Waals surface area contributed by atoms with Crippen molar-refractivity contribution in [3.63, 3.8) is 0 Å². The third-order valence-corrected chi connectivity index (χ3v) is 7.23. The summed E-state index contributed by atoms with van der Waals surface area (Å²) < 4.78 is 6.23. The lowest BCUT2D eigenvalue weighted by Gasteiger charge is -2.43. The third-order valence-electron chi connectivity index (χ3n) is 7.23. The highest BCUT2D eigenvalue weighted by molar-refractivity contribution is 6.06. The summed E-state index contributed by atoms with van der Waals surface area (Å²) in [5.41, 5.74) is 5.57. The number of hydrogen-bond donors (Lipinski definition) is 1. The number of ketones is 2. The largest absolute Gasteiger partial charge is 0.489 e. The summed E-state index contributed by atoms with van der Waals surface area (Å²) >= 11 is 0. The van der Waals surface area contributed by atoms with Gasteiger partial charge < -0.3 is 14.7 Å². The quantitative estimate of drug-likeness (QED) is 0.608. The summed E-state index contributed by atoms with van der Waals surface area (Å²) in [4.78, 5) is 40.0. The van der Waals surface area contributed by atoms with Crippen LogP contribution in [0.1, 0.15) is 72.9 Å². The minimum atomic E-state index is -0.969. The molecule has 0 spiro atoms. The van der Waals surface area contributed by atoms with Crippen LogP contribution in [0, 0.1) is 0 Å². The molecule has 2 aliphatic carbocycles. The van der Waals surface area contributed by atoms with Gasteiger partial charge in [0.05, 0.1) is 5.56 Å². The summed E-state index contributed by atoms with van der Waals surface area (Å²) in [6.45, 7) is 3.08. The molecule has 1 heterocycles. The van der Waals surface area contributed by atoms with Crippen LogP contribution >= 0.6 is 0 Å². The number of hydrogen-bond acceptors (Lipinski definition) is 5. The second-order valence-corrected chi connectivity index (χ2v) is 9.28. The maximum Gasteiger partial charge on any atom is 0.335 e. The Kier molecular flexibility index (Phi) is 6.29. The van der Waals surface area contributed by atoms with E-state index in [9.17, 15) is 14.4 Å². The lowest BCUT2D eigenvalue weighted by atomic mass is 9.70. The molecule has 0 aromatic heterocycles. The first-order valence-electron chi connectivity index (χ1n) is 12.3. The van der Waals surface area contributed by atoms with E-state index in [1.54, 1.807) is 24.3 Å². The number of Topliss-reactive ketones (excluding diaryl/α,β-unsaturated/α-hetero) is 2. The van der Waals surface area contributed by atoms with Crippen molar-refractivity contribution in [2.75, 3.05) is 6.54 Å². The molecule has 5 rings (SSSR count). The van der Waals surface area contributed by atoms with Crippen LogP contribution in [0.15, 0.2) is 71.1 Å². The summed E-state index contributed by atoms with van der Waals surface area (Å²) in [5.74, 6) is -0.491. The fourth-order valence-corrected chi connectivity index (χ4v) is 5.66. The van der Waals surface area contributed by atoms with Crippen molar-refractivity contribution in [1.29, 1.82) is 0 Å². The number of nitrogens with zero attached hydrogens (tertiary/aromatic N) is 1. The van der Waals surface area contributed by atoms with Crippen molar-refractivity contribution in [2.45, 2.75) is 58.0 Å². The van der Waals surface area contributed by atoms with E-state index in [1.807, 2.05) is 24.3 Å². The SMILES string of the molecule is CCN1C2=C(C(=O)CCC2)C(c2ccccc2OCc2ccc(C(=O)O)cc2)C2=C1CCCC2=O. The number of benzene rings is 2. The Bertz CT molecular complexity index is 1210. The van der Waals surface area contributed by atoms with Crippen molar-refractivity contribution in [3.05, 3.63) is 87.8 Å². The number of allylic oxidation sites excluding steroid dienone is 4. The number of carbonyl (C=O) groups is 3. The molecular weight excluding hydrogens is 442 g/mol. The predicted molar refractivity (Wildman–Crippen MR) is 131 cm³/mol. The number of aromatic carboxylic acids is 1. The van der Waals surface area contributed by atoms with E-state index in [4.69, 9.17) is 9.84 Å². The van der Waals surface area contributed by atoms with E-state index < -0.39 is 11.9 Å². The van der Waals surface area contributed by atoms with E-state index in [0.717, 1.165) is 65.9 Å². The smallest absolute Gasteiger partial charge is 0.335 e. The molecule has 0 unspecified atom stereocenters. The topological polar surface area (TPSA) is 83.9 Å². The first-order chi connectivity index (χ1) is 17.0. The van der Waals surface area contributed by atoms with E-state index in [0.29, 0.717) is 18.6 Å². The molecule has 0 bridgehead atoms. The van der Waals surface area contributed by atoms with Gasteiger partial charge in [0, 0.05) is 53.4 Å². The molecule has 0 radical (unpaired) electrons. The lowest BCUT2D eigenvalue weighted by molar-refractivity contribution is -0.117. The van der Waals surface area contributed by atoms with Crippen LogP contribution in [0.3, 0.4) is 0 Å². The van der Waals surface area contributed by atoms with Crippen LogP contribution in [0.2, 0.25) is 0 Å². The Morgan fingerprint density at radius 3 is 2.09 bits per heavy atom. The molecule has 0 fully saturated rings. The zero-order valence-electron chi connectivity index (χ0n) is 19.9. The highest BCUT2D eigenvalue weighted by atomic mass is 16.5. The molecule has 180 valence electrons. The van der Waals surface area contributed by atoms with Crippen molar-refractivity contribution < 1.29 is 24.2 Å². The average Bonchev–Trinajstić information content (AvgIpc) is 2.87. The molecule has 35 heavy (non-hydrogen) atoms. The van der Waals surface area contributed by atoms with Gasteiger partial charge in [-0.1, -0.05) is 30.3 Å². The van der Waals surface area contributed by atoms with E-state index in [-0.39, 0.29) is 23.7 Å². The molecular formula is C29H29NO5. The molecule has 0 saturated carbocycles. The van der Waals surface area contributed by atoms with Crippen LogP contribution in [0.4, 0.5) is 0 Å². The molecule has 2 aromatic rings. The van der Waals surface area contributed by atoms with Crippen molar-refractivity contribution in [3.8, 4) is 5.75 Å². The summed E-state index contributed by atoms with van der Waals surface area (Å²) in [5, 5.41) is 9.13. The van der Waals surface area contributed by atoms with E-state index in [2.05, 4.69) is 11.8 Å². The lowest BCUT2D eigenvalue weighted by Crippen LogP contribution is -2.39. The van der Waals surface area contributed by atoms with Crippen LogP contribution in [0.5, 0.6) is 5.75 Å². The van der Waals surface area contributed by atoms with Gasteiger partial charge in [0.1, 0.15) is 12.4 Å². The number of ether oxygens (including phenoxy) is 1. The number of carboxylic acid groups (broad SMARTS) is 1. The summed E-state index contributed by atoms with van der Waals surface area (Å²) in [6, 6.07) is 14.3. The van der Waals surface area contributed by atoms with Crippen molar-refractivity contribution >= 4 is 17.5 Å². The highest BCUT2D eigenvalue weighted by Gasteiger charge is 2.43. The number of rotatable bonds is 6. The van der Waals surface area contributed by atoms with Gasteiger partial charge in [0.25, 0.3) is 0 Å². The van der Waals surface area contributed by atoms with Gasteiger partial charge >= 0.3 is 5.97 Å². The monoisotopic (exact) mass is 471 g/mol. The minimum Gasteiger partial charge on any atom is -0.489 e. The standard InChI is InChI=1S/C29H29NO5/c1-2-30-21-8-5-10-23(31)27(21)26(28-22(30)9-6-11-24(28)32)20-7-3-4-12-25(20)35-17-18-13-15-19(16-14-18)29(33)34/h3-4,7,12-16,26H,2,5-6,8-11,17H2,1H3,(H,33,34). The third kappa shape index (κ3) is 4.18. The fourth-order valence-electron chi connectivity index (χ4n) is 5.66. The molecule has 2 aromatic carbocycles. The molecule has 1 N–H and O–H groups in total. The van der Waals surface area contributed by atoms with Gasteiger partial charge in [0.2, 0.25) is 0 Å². The number of carboxylic acids is 1. The average molecular weight is 472 g/mol. The maximum absolute atomic E-state index is 13.3. The van der Waals surface area contributed by atoms with Gasteiger partial charge in [-0.15, -0.1) is 0 Å². The minimum absolute atomic E-state index is 0.124. The van der Waals surface area contributed by atoms with Crippen LogP contribution in [-0.2, 0) is 16.2 Å². The van der Waals surface area contributed by atoms with Crippen molar-refractivity contribution in [1.82, 2.24) is 4.90 Å². The van der Waals surface area contributed by atoms with Crippen LogP contribution in [0.25, 0.3) is 0 Å². The Labute approximate surface area is 204 Å². The van der Waals surface area contributed by atoms with E-state index >= 15 is 0 Å². The van der Waals surface area contributed by atoms with Crippen LogP contribution < -0.4 is 4.74 Å². The fraction of sp³-hybridized carbons (Fsp3) is 0.345. The summed E-state index contributed by atoms with van der Waals surface area (Å²) in [7, 11) is 0. The van der Waals surface area contributed by atoms with Gasteiger partial charge in [0.15, 0.2) is 11.6 Å². The first kappa shape index (κ1) is 23.1.